The van der Waals surface area contributed by atoms with Gasteiger partial charge in [0.15, 0.2) is 0 Å². The van der Waals surface area contributed by atoms with Crippen LogP contribution in [0.5, 0.6) is 0 Å². The molecular weight excluding hydrogens is 281 g/mol. The van der Waals surface area contributed by atoms with Crippen molar-refractivity contribution in [3.8, 4) is 0 Å². The van der Waals surface area contributed by atoms with Crippen molar-refractivity contribution >= 4 is 15.9 Å². The molecule has 17 heavy (non-hydrogen) atoms. The van der Waals surface area contributed by atoms with Crippen LogP contribution in [0.4, 0.5) is 4.39 Å². The first-order chi connectivity index (χ1) is 8.19. The van der Waals surface area contributed by atoms with Gasteiger partial charge in [0, 0.05) is 18.4 Å². The van der Waals surface area contributed by atoms with E-state index in [1.54, 1.807) is 6.07 Å². The SMILES string of the molecule is Cc1ccc(F)cc1CN1CCC(CCBr)C1. The minimum Gasteiger partial charge on any atom is -0.299 e. The topological polar surface area (TPSA) is 3.24 Å². The molecule has 0 amide bonds. The molecule has 1 aliphatic rings. The second kappa shape index (κ2) is 5.96. The van der Waals surface area contributed by atoms with Gasteiger partial charge >= 0.3 is 0 Å². The first-order valence-corrected chi connectivity index (χ1v) is 7.34. The summed E-state index contributed by atoms with van der Waals surface area (Å²) in [5, 5.41) is 1.09. The summed E-state index contributed by atoms with van der Waals surface area (Å²) in [7, 11) is 0. The molecule has 0 bridgehead atoms. The van der Waals surface area contributed by atoms with Crippen molar-refractivity contribution in [1.82, 2.24) is 4.90 Å². The second-order valence-corrected chi connectivity index (χ2v) is 5.73. The Morgan fingerprint density at radius 2 is 2.29 bits per heavy atom. The zero-order valence-electron chi connectivity index (χ0n) is 10.3. The fraction of sp³-hybridized carbons (Fsp3) is 0.571. The molecule has 1 aromatic rings. The number of hydrogen-bond acceptors (Lipinski definition) is 1. The van der Waals surface area contributed by atoms with Crippen LogP contribution in [0.2, 0.25) is 0 Å². The number of likely N-dealkylation sites (tertiary alicyclic amines) is 1. The molecule has 1 fully saturated rings. The van der Waals surface area contributed by atoms with Gasteiger partial charge in [-0.25, -0.2) is 4.39 Å². The first kappa shape index (κ1) is 13.0. The molecule has 0 aromatic heterocycles. The summed E-state index contributed by atoms with van der Waals surface area (Å²) in [4.78, 5) is 2.44. The highest BCUT2D eigenvalue weighted by Crippen LogP contribution is 2.23. The molecule has 94 valence electrons. The van der Waals surface area contributed by atoms with Crippen LogP contribution < -0.4 is 0 Å². The fourth-order valence-electron chi connectivity index (χ4n) is 2.50. The third-order valence-electron chi connectivity index (χ3n) is 3.59. The Morgan fingerprint density at radius 3 is 3.06 bits per heavy atom. The summed E-state index contributed by atoms with van der Waals surface area (Å²) in [6.07, 6.45) is 2.53. The Bertz CT molecular complexity index is 380. The van der Waals surface area contributed by atoms with Gasteiger partial charge < -0.3 is 0 Å². The van der Waals surface area contributed by atoms with Crippen LogP contribution in [0.1, 0.15) is 24.0 Å². The quantitative estimate of drug-likeness (QED) is 0.766. The highest BCUT2D eigenvalue weighted by molar-refractivity contribution is 9.09. The van der Waals surface area contributed by atoms with E-state index in [4.69, 9.17) is 0 Å². The smallest absolute Gasteiger partial charge is 0.123 e. The summed E-state index contributed by atoms with van der Waals surface area (Å²) in [6, 6.07) is 5.08. The molecule has 1 nitrogen and oxygen atoms in total. The number of nitrogens with zero attached hydrogens (tertiary/aromatic N) is 1. The molecule has 0 saturated carbocycles. The third kappa shape index (κ3) is 3.52. The molecular formula is C14H19BrFN. The summed E-state index contributed by atoms with van der Waals surface area (Å²) >= 11 is 3.50. The molecule has 0 spiro atoms. The van der Waals surface area contributed by atoms with Crippen LogP contribution in [-0.4, -0.2) is 23.3 Å². The Labute approximate surface area is 111 Å². The number of benzene rings is 1. The van der Waals surface area contributed by atoms with E-state index in [1.165, 1.54) is 24.5 Å². The normalized spacial score (nSPS) is 21.0. The highest BCUT2D eigenvalue weighted by Gasteiger charge is 2.22. The van der Waals surface area contributed by atoms with E-state index in [0.717, 1.165) is 36.4 Å². The van der Waals surface area contributed by atoms with Crippen molar-refractivity contribution in [3.63, 3.8) is 0 Å². The molecule has 1 heterocycles. The Kier molecular flexibility index (Phi) is 4.57. The molecule has 0 aliphatic carbocycles. The predicted molar refractivity (Wildman–Crippen MR) is 72.9 cm³/mol. The molecule has 1 atom stereocenters. The summed E-state index contributed by atoms with van der Waals surface area (Å²) in [6.45, 7) is 5.25. The molecule has 1 saturated heterocycles. The van der Waals surface area contributed by atoms with E-state index >= 15 is 0 Å². The van der Waals surface area contributed by atoms with Crippen molar-refractivity contribution in [1.29, 1.82) is 0 Å². The van der Waals surface area contributed by atoms with Crippen LogP contribution in [0.25, 0.3) is 0 Å². The van der Waals surface area contributed by atoms with E-state index in [0.29, 0.717) is 0 Å². The Morgan fingerprint density at radius 1 is 1.47 bits per heavy atom. The average molecular weight is 300 g/mol. The van der Waals surface area contributed by atoms with Crippen LogP contribution in [-0.2, 0) is 6.54 Å². The number of alkyl halides is 1. The molecule has 1 unspecified atom stereocenters. The van der Waals surface area contributed by atoms with Gasteiger partial charge in [-0.1, -0.05) is 22.0 Å². The standard InChI is InChI=1S/C14H19BrFN/c1-11-2-3-14(16)8-13(11)10-17-7-5-12(9-17)4-6-15/h2-3,8,12H,4-7,9-10H2,1H3. The predicted octanol–water partition coefficient (Wildman–Crippen LogP) is 3.74. The van der Waals surface area contributed by atoms with E-state index < -0.39 is 0 Å². The maximum atomic E-state index is 13.2. The van der Waals surface area contributed by atoms with Gasteiger partial charge in [-0.2, -0.15) is 0 Å². The lowest BCUT2D eigenvalue weighted by Crippen LogP contribution is -2.20. The number of aryl methyl sites for hydroxylation is 1. The van der Waals surface area contributed by atoms with Gasteiger partial charge in [0.05, 0.1) is 0 Å². The first-order valence-electron chi connectivity index (χ1n) is 6.22. The zero-order valence-corrected chi connectivity index (χ0v) is 11.8. The second-order valence-electron chi connectivity index (χ2n) is 4.94. The average Bonchev–Trinajstić information content (AvgIpc) is 2.72. The lowest BCUT2D eigenvalue weighted by molar-refractivity contribution is 0.314. The summed E-state index contributed by atoms with van der Waals surface area (Å²) in [5.41, 5.74) is 2.32. The van der Waals surface area contributed by atoms with E-state index in [2.05, 4.69) is 27.8 Å². The van der Waals surface area contributed by atoms with Gasteiger partial charge in [-0.05, 0) is 55.5 Å². The monoisotopic (exact) mass is 299 g/mol. The van der Waals surface area contributed by atoms with Gasteiger partial charge in [0.25, 0.3) is 0 Å². The minimum absolute atomic E-state index is 0.123. The maximum Gasteiger partial charge on any atom is 0.123 e. The highest BCUT2D eigenvalue weighted by atomic mass is 79.9. The molecule has 3 heteroatoms. The van der Waals surface area contributed by atoms with Crippen LogP contribution in [0.15, 0.2) is 18.2 Å². The van der Waals surface area contributed by atoms with Crippen molar-refractivity contribution in [2.75, 3.05) is 18.4 Å². The molecule has 1 aliphatic heterocycles. The van der Waals surface area contributed by atoms with Crippen LogP contribution in [0.3, 0.4) is 0 Å². The van der Waals surface area contributed by atoms with Crippen LogP contribution >= 0.6 is 15.9 Å². The zero-order chi connectivity index (χ0) is 12.3. The van der Waals surface area contributed by atoms with E-state index in [1.807, 2.05) is 6.07 Å². The van der Waals surface area contributed by atoms with Crippen molar-refractivity contribution in [2.45, 2.75) is 26.3 Å². The van der Waals surface area contributed by atoms with Gasteiger partial charge in [0.1, 0.15) is 5.82 Å². The molecule has 0 N–H and O–H groups in total. The third-order valence-corrected chi connectivity index (χ3v) is 4.05. The summed E-state index contributed by atoms with van der Waals surface area (Å²) in [5.74, 6) is 0.685. The maximum absolute atomic E-state index is 13.2. The van der Waals surface area contributed by atoms with Crippen LogP contribution in [0, 0.1) is 18.7 Å². The van der Waals surface area contributed by atoms with Gasteiger partial charge in [0.2, 0.25) is 0 Å². The summed E-state index contributed by atoms with van der Waals surface area (Å²) < 4.78 is 13.2. The van der Waals surface area contributed by atoms with Crippen molar-refractivity contribution < 1.29 is 4.39 Å². The lowest BCUT2D eigenvalue weighted by atomic mass is 10.1. The Balaban J connectivity index is 1.95. The largest absolute Gasteiger partial charge is 0.299 e. The van der Waals surface area contributed by atoms with E-state index in [-0.39, 0.29) is 5.82 Å². The molecule has 1 aromatic carbocycles. The van der Waals surface area contributed by atoms with E-state index in [9.17, 15) is 4.39 Å². The lowest BCUT2D eigenvalue weighted by Gasteiger charge is -2.17. The molecule has 2 rings (SSSR count). The molecule has 0 radical (unpaired) electrons. The minimum atomic E-state index is -0.123. The fourth-order valence-corrected chi connectivity index (χ4v) is 3.15. The van der Waals surface area contributed by atoms with Crippen molar-refractivity contribution in [3.05, 3.63) is 35.1 Å². The Hall–Kier alpha value is -0.410. The van der Waals surface area contributed by atoms with Gasteiger partial charge in [-0.3, -0.25) is 4.90 Å². The number of halogens is 2. The number of hydrogen-bond donors (Lipinski definition) is 0. The van der Waals surface area contributed by atoms with Crippen molar-refractivity contribution in [2.24, 2.45) is 5.92 Å². The van der Waals surface area contributed by atoms with Gasteiger partial charge in [-0.15, -0.1) is 0 Å². The number of rotatable bonds is 4.